The van der Waals surface area contributed by atoms with Gasteiger partial charge in [0.1, 0.15) is 12.1 Å². The summed E-state index contributed by atoms with van der Waals surface area (Å²) in [4.78, 5) is 42.0. The Morgan fingerprint density at radius 2 is 1.68 bits per heavy atom. The van der Waals surface area contributed by atoms with Crippen molar-refractivity contribution >= 4 is 11.8 Å². The number of nitrogens with zero attached hydrogens (tertiary/aromatic N) is 4. The van der Waals surface area contributed by atoms with Gasteiger partial charge in [-0.2, -0.15) is 5.06 Å². The van der Waals surface area contributed by atoms with Gasteiger partial charge >= 0.3 is 0 Å². The summed E-state index contributed by atoms with van der Waals surface area (Å²) in [5.74, 6) is 2.88. The third kappa shape index (κ3) is 9.60. The van der Waals surface area contributed by atoms with Gasteiger partial charge in [0, 0.05) is 57.2 Å². The SMILES string of the molecule is COC1C(CN2O[C@@H](CO)[C@H]([C@H](C)O)[C@H]2C(=O)NC2C[C@H]3C[C@@H]([C@@H]2C)C3(C)C)CCCC1C1CCC(C(=O)N(C)[C@@H](CC2CCCCC2)CN(C)C)C(N(C)C)C1. The molecule has 3 N–H and O–H groups in total. The van der Waals surface area contributed by atoms with E-state index in [1.165, 1.54) is 38.5 Å². The van der Waals surface area contributed by atoms with E-state index in [0.717, 1.165) is 57.9 Å². The lowest BCUT2D eigenvalue weighted by molar-refractivity contribution is -0.193. The van der Waals surface area contributed by atoms with Crippen LogP contribution in [0.15, 0.2) is 0 Å². The zero-order valence-corrected chi connectivity index (χ0v) is 37.6. The molecule has 6 saturated carbocycles. The molecule has 1 aliphatic heterocycles. The monoisotopic (exact) mass is 802 g/mol. The molecule has 7 unspecified atom stereocenters. The van der Waals surface area contributed by atoms with Gasteiger partial charge in [-0.25, -0.2) is 0 Å². The number of carbonyl (C=O) groups excluding carboxylic acids is 2. The van der Waals surface area contributed by atoms with Crippen molar-refractivity contribution in [1.29, 1.82) is 0 Å². The molecular formula is C46H83N5O6. The highest BCUT2D eigenvalue weighted by molar-refractivity contribution is 5.83. The lowest BCUT2D eigenvalue weighted by Gasteiger charge is -2.62. The third-order valence-electron chi connectivity index (χ3n) is 17.0. The van der Waals surface area contributed by atoms with Gasteiger partial charge < -0.3 is 35.0 Å². The third-order valence-corrected chi connectivity index (χ3v) is 17.0. The molecule has 0 spiro atoms. The lowest BCUT2D eigenvalue weighted by Crippen LogP contribution is -2.62. The number of methoxy groups -OCH3 is 1. The minimum atomic E-state index is -0.818. The van der Waals surface area contributed by atoms with Crippen LogP contribution in [0, 0.1) is 58.7 Å². The van der Waals surface area contributed by atoms with Crippen molar-refractivity contribution in [2.75, 3.05) is 62.0 Å². The molecule has 0 aromatic rings. The first-order chi connectivity index (χ1) is 27.1. The highest BCUT2D eigenvalue weighted by Gasteiger charge is 2.58. The van der Waals surface area contributed by atoms with Crippen molar-refractivity contribution in [3.05, 3.63) is 0 Å². The molecule has 2 amide bonds. The highest BCUT2D eigenvalue weighted by Crippen LogP contribution is 2.61. The van der Waals surface area contributed by atoms with E-state index in [2.05, 4.69) is 76.0 Å². The fourth-order valence-corrected chi connectivity index (χ4v) is 13.5. The number of hydrogen-bond donors (Lipinski definition) is 3. The minimum absolute atomic E-state index is 0.0142. The number of ether oxygens (including phenoxy) is 1. The van der Waals surface area contributed by atoms with Gasteiger partial charge in [0.25, 0.3) is 0 Å². The molecule has 7 aliphatic rings. The van der Waals surface area contributed by atoms with E-state index < -0.39 is 24.2 Å². The number of nitrogens with one attached hydrogen (secondary N) is 1. The molecule has 15 atom stereocenters. The summed E-state index contributed by atoms with van der Waals surface area (Å²) in [6, 6.07) is -0.192. The molecule has 0 radical (unpaired) electrons. The first kappa shape index (κ1) is 45.2. The van der Waals surface area contributed by atoms with Gasteiger partial charge in [-0.15, -0.1) is 0 Å². The topological polar surface area (TPSA) is 118 Å². The number of aliphatic hydroxyl groups excluding tert-OH is 2. The molecule has 0 aromatic heterocycles. The van der Waals surface area contributed by atoms with E-state index >= 15 is 0 Å². The maximum absolute atomic E-state index is 14.5. The molecular weight excluding hydrogens is 719 g/mol. The van der Waals surface area contributed by atoms with Crippen molar-refractivity contribution < 1.29 is 29.4 Å². The fourth-order valence-electron chi connectivity index (χ4n) is 13.5. The van der Waals surface area contributed by atoms with Crippen molar-refractivity contribution in [1.82, 2.24) is 25.1 Å². The predicted octanol–water partition coefficient (Wildman–Crippen LogP) is 5.28. The number of likely N-dealkylation sites (N-methyl/N-ethyl adjacent to an activating group) is 2. The van der Waals surface area contributed by atoms with Crippen LogP contribution in [0.25, 0.3) is 0 Å². The maximum atomic E-state index is 14.5. The molecule has 6 aliphatic carbocycles. The second-order valence-electron chi connectivity index (χ2n) is 21.1. The van der Waals surface area contributed by atoms with Crippen molar-refractivity contribution in [3.8, 4) is 0 Å². The minimum Gasteiger partial charge on any atom is -0.394 e. The van der Waals surface area contributed by atoms with Gasteiger partial charge in [0.15, 0.2) is 0 Å². The number of carbonyl (C=O) groups is 2. The van der Waals surface area contributed by atoms with Crippen LogP contribution in [0.2, 0.25) is 0 Å². The highest BCUT2D eigenvalue weighted by atomic mass is 16.7. The Balaban J connectivity index is 1.13. The molecule has 0 aromatic carbocycles. The first-order valence-corrected chi connectivity index (χ1v) is 23.2. The number of hydrogen-bond acceptors (Lipinski definition) is 9. The molecule has 2 bridgehead atoms. The van der Waals surface area contributed by atoms with Gasteiger partial charge in [0.05, 0.1) is 24.7 Å². The van der Waals surface area contributed by atoms with Crippen LogP contribution in [-0.2, 0) is 19.2 Å². The lowest BCUT2D eigenvalue weighted by atomic mass is 9.45. The summed E-state index contributed by atoms with van der Waals surface area (Å²) in [5, 5.41) is 26.7. The molecule has 11 heteroatoms. The quantitative estimate of drug-likeness (QED) is 0.203. The normalized spacial score (nSPS) is 39.8. The molecule has 7 rings (SSSR count). The number of fused-ring (bicyclic) bond motifs is 2. The van der Waals surface area contributed by atoms with Crippen molar-refractivity contribution in [2.45, 2.75) is 160 Å². The van der Waals surface area contributed by atoms with E-state index in [0.29, 0.717) is 53.4 Å². The zero-order chi connectivity index (χ0) is 41.3. The Labute approximate surface area is 346 Å². The number of hydroxylamine groups is 2. The predicted molar refractivity (Wildman–Crippen MR) is 225 cm³/mol. The Kier molecular flexibility index (Phi) is 15.2. The smallest absolute Gasteiger partial charge is 0.240 e. The van der Waals surface area contributed by atoms with E-state index in [-0.39, 0.29) is 48.6 Å². The van der Waals surface area contributed by atoms with Crippen LogP contribution >= 0.6 is 0 Å². The Morgan fingerprint density at radius 1 is 0.965 bits per heavy atom. The molecule has 1 saturated heterocycles. The van der Waals surface area contributed by atoms with E-state index in [1.807, 2.05) is 12.2 Å². The molecule has 11 nitrogen and oxygen atoms in total. The standard InChI is InChI=1S/C46H83N5O6/c1-28-37-23-33(46(37,3)4)24-38(28)47-44(54)42-41(29(2)53)40(27-52)57-51(42)25-32-17-14-18-35(43(32)56-10)31-19-20-36(39(22-31)49(7)8)45(55)50(9)34(26-48(5)6)21-30-15-12-11-13-16-30/h28-43,52-53H,11-27H2,1-10H3,(H,47,54)/t28-,29-,31?,32?,33+,34-,35?,36?,37-,38?,39?,40-,41-,42-,43?/m0/s1. The van der Waals surface area contributed by atoms with Crippen molar-refractivity contribution in [3.63, 3.8) is 0 Å². The number of amides is 2. The number of aliphatic hydroxyl groups is 2. The van der Waals surface area contributed by atoms with Gasteiger partial charge in [-0.1, -0.05) is 59.3 Å². The van der Waals surface area contributed by atoms with Crippen LogP contribution in [-0.4, -0.2) is 146 Å². The van der Waals surface area contributed by atoms with E-state index in [1.54, 1.807) is 6.92 Å². The van der Waals surface area contributed by atoms with Crippen LogP contribution in [0.1, 0.15) is 118 Å². The fraction of sp³-hybridized carbons (Fsp3) is 0.957. The largest absolute Gasteiger partial charge is 0.394 e. The summed E-state index contributed by atoms with van der Waals surface area (Å²) in [6.07, 6.45) is 14.4. The van der Waals surface area contributed by atoms with E-state index in [9.17, 15) is 19.8 Å². The summed E-state index contributed by atoms with van der Waals surface area (Å²) in [5.41, 5.74) is 0.320. The Bertz CT molecular complexity index is 1320. The molecule has 328 valence electrons. The second-order valence-corrected chi connectivity index (χ2v) is 21.1. The zero-order valence-electron chi connectivity index (χ0n) is 37.6. The maximum Gasteiger partial charge on any atom is 0.240 e. The number of rotatable bonds is 15. The summed E-state index contributed by atoms with van der Waals surface area (Å²) in [6.45, 7) is 9.90. The van der Waals surface area contributed by atoms with Gasteiger partial charge in [0.2, 0.25) is 11.8 Å². The molecule has 57 heavy (non-hydrogen) atoms. The summed E-state index contributed by atoms with van der Waals surface area (Å²) in [7, 11) is 12.5. The molecule has 1 heterocycles. The summed E-state index contributed by atoms with van der Waals surface area (Å²) < 4.78 is 6.45. The van der Waals surface area contributed by atoms with E-state index in [4.69, 9.17) is 9.57 Å². The summed E-state index contributed by atoms with van der Waals surface area (Å²) >= 11 is 0. The first-order valence-electron chi connectivity index (χ1n) is 23.2. The Hall–Kier alpha value is -1.34. The van der Waals surface area contributed by atoms with Crippen LogP contribution < -0.4 is 5.32 Å². The average Bonchev–Trinajstić information content (AvgIpc) is 3.56. The molecule has 7 fully saturated rings. The Morgan fingerprint density at radius 3 is 2.28 bits per heavy atom. The van der Waals surface area contributed by atoms with Gasteiger partial charge in [-0.05, 0) is 127 Å². The second kappa shape index (κ2) is 19.1. The van der Waals surface area contributed by atoms with Gasteiger partial charge in [-0.3, -0.25) is 14.4 Å². The van der Waals surface area contributed by atoms with Crippen LogP contribution in [0.5, 0.6) is 0 Å². The van der Waals surface area contributed by atoms with Crippen LogP contribution in [0.3, 0.4) is 0 Å². The van der Waals surface area contributed by atoms with Crippen molar-refractivity contribution in [2.24, 2.45) is 58.7 Å². The average molecular weight is 802 g/mol. The van der Waals surface area contributed by atoms with Crippen LogP contribution in [0.4, 0.5) is 0 Å².